The van der Waals surface area contributed by atoms with Gasteiger partial charge in [-0.1, -0.05) is 18.2 Å². The third kappa shape index (κ3) is 3.88. The molecule has 0 atom stereocenters. The van der Waals surface area contributed by atoms with Crippen molar-refractivity contribution in [3.63, 3.8) is 0 Å². The first-order valence-corrected chi connectivity index (χ1v) is 10.2. The van der Waals surface area contributed by atoms with Gasteiger partial charge in [-0.2, -0.15) is 0 Å². The molecule has 0 unspecified atom stereocenters. The van der Waals surface area contributed by atoms with Crippen LogP contribution in [0.2, 0.25) is 0 Å². The summed E-state index contributed by atoms with van der Waals surface area (Å²) in [5.74, 6) is -1.08. The Bertz CT molecular complexity index is 1190. The minimum absolute atomic E-state index is 0.128. The molecule has 0 N–H and O–H groups in total. The molecule has 0 fully saturated rings. The van der Waals surface area contributed by atoms with Gasteiger partial charge >= 0.3 is 0 Å². The monoisotopic (exact) mass is 397 g/mol. The molecule has 8 heteroatoms. The van der Waals surface area contributed by atoms with E-state index in [2.05, 4.69) is 10.0 Å². The average molecular weight is 397 g/mol. The lowest BCUT2D eigenvalue weighted by Crippen LogP contribution is -1.96. The smallest absolute Gasteiger partial charge is 0.223 e. The molecule has 2 aromatic rings. The Labute approximate surface area is 161 Å². The van der Waals surface area contributed by atoms with Gasteiger partial charge in [0.1, 0.15) is 5.82 Å². The highest BCUT2D eigenvalue weighted by Crippen LogP contribution is 2.44. The Morgan fingerprint density at radius 2 is 1.86 bits per heavy atom. The largest absolute Gasteiger partial charge is 0.292 e. The van der Waals surface area contributed by atoms with Gasteiger partial charge < -0.3 is 0 Å². The van der Waals surface area contributed by atoms with Crippen molar-refractivity contribution in [2.75, 3.05) is 6.26 Å². The summed E-state index contributed by atoms with van der Waals surface area (Å²) in [4.78, 5) is 14.5. The predicted molar refractivity (Wildman–Crippen MR) is 105 cm³/mol. The van der Waals surface area contributed by atoms with Crippen molar-refractivity contribution in [2.45, 2.75) is 18.2 Å². The zero-order valence-corrected chi connectivity index (χ0v) is 16.0. The van der Waals surface area contributed by atoms with E-state index in [9.17, 15) is 17.6 Å². The second-order valence-electron chi connectivity index (χ2n) is 6.45. The van der Waals surface area contributed by atoms with E-state index in [1.807, 2.05) is 13.0 Å². The molecule has 0 aromatic heterocycles. The van der Waals surface area contributed by atoms with Crippen molar-refractivity contribution in [3.8, 4) is 0 Å². The lowest BCUT2D eigenvalue weighted by atomic mass is 10.0. The quantitative estimate of drug-likeness (QED) is 0.421. The number of carbonyl (C=O) groups excluding carboxylic acids is 1. The maximum atomic E-state index is 13.8. The summed E-state index contributed by atoms with van der Waals surface area (Å²) in [5, 5.41) is 3.10. The van der Waals surface area contributed by atoms with Gasteiger partial charge in [-0.3, -0.25) is 4.79 Å². The summed E-state index contributed by atoms with van der Waals surface area (Å²) in [6.45, 7) is 1.81. The van der Waals surface area contributed by atoms with Gasteiger partial charge in [0.05, 0.1) is 4.90 Å². The van der Waals surface area contributed by atoms with Crippen LogP contribution in [0.5, 0.6) is 0 Å². The molecular weight excluding hydrogens is 381 g/mol. The first kappa shape index (κ1) is 19.5. The van der Waals surface area contributed by atoms with E-state index in [-0.39, 0.29) is 11.3 Å². The van der Waals surface area contributed by atoms with Crippen LogP contribution in [0.1, 0.15) is 30.0 Å². The number of amides is 1. The van der Waals surface area contributed by atoms with Crippen LogP contribution in [-0.2, 0) is 14.6 Å². The number of allylic oxidation sites excluding steroid dienone is 2. The topological polar surface area (TPSA) is 100.0 Å². The zero-order valence-electron chi connectivity index (χ0n) is 15.2. The van der Waals surface area contributed by atoms with Gasteiger partial charge in [0.25, 0.3) is 0 Å². The van der Waals surface area contributed by atoms with Crippen LogP contribution in [0.4, 0.5) is 4.39 Å². The van der Waals surface area contributed by atoms with E-state index < -0.39 is 21.6 Å². The molecule has 6 nitrogen and oxygen atoms in total. The highest BCUT2D eigenvalue weighted by atomic mass is 32.2. The fourth-order valence-electron chi connectivity index (χ4n) is 3.20. The molecule has 142 valence electrons. The fourth-order valence-corrected chi connectivity index (χ4v) is 3.83. The molecule has 0 aliphatic heterocycles. The zero-order chi connectivity index (χ0) is 20.5. The molecule has 3 rings (SSSR count). The summed E-state index contributed by atoms with van der Waals surface area (Å²) in [6, 6.07) is 10.7. The maximum absolute atomic E-state index is 13.8. The molecular formula is C20H16FN3O3S. The molecule has 0 radical (unpaired) electrons. The van der Waals surface area contributed by atoms with Crippen LogP contribution in [0.15, 0.2) is 58.0 Å². The van der Waals surface area contributed by atoms with Gasteiger partial charge in [0.15, 0.2) is 9.84 Å². The van der Waals surface area contributed by atoms with E-state index in [1.54, 1.807) is 18.2 Å². The number of rotatable bonds is 4. The molecule has 1 aliphatic rings. The Morgan fingerprint density at radius 1 is 1.18 bits per heavy atom. The van der Waals surface area contributed by atoms with Crippen molar-refractivity contribution in [2.24, 2.45) is 5.11 Å². The SMILES string of the molecule is CC1=C(CC(=O)N=[N+]=[N-])c2cc(F)ccc2/C1=C\c1ccc(S(C)(=O)=O)cc1. The predicted octanol–water partition coefficient (Wildman–Crippen LogP) is 4.78. The van der Waals surface area contributed by atoms with Crippen molar-refractivity contribution in [1.29, 1.82) is 0 Å². The van der Waals surface area contributed by atoms with Crippen LogP contribution in [0.3, 0.4) is 0 Å². The molecule has 0 saturated carbocycles. The Morgan fingerprint density at radius 3 is 2.46 bits per heavy atom. The van der Waals surface area contributed by atoms with Crippen LogP contribution < -0.4 is 0 Å². The minimum atomic E-state index is -3.29. The molecule has 1 amide bonds. The van der Waals surface area contributed by atoms with Crippen molar-refractivity contribution < 1.29 is 17.6 Å². The number of hydrogen-bond donors (Lipinski definition) is 0. The van der Waals surface area contributed by atoms with E-state index in [4.69, 9.17) is 5.53 Å². The minimum Gasteiger partial charge on any atom is -0.292 e. The summed E-state index contributed by atoms with van der Waals surface area (Å²) in [5.41, 5.74) is 12.7. The van der Waals surface area contributed by atoms with Crippen LogP contribution in [0, 0.1) is 5.82 Å². The Balaban J connectivity index is 2.10. The third-order valence-electron chi connectivity index (χ3n) is 4.56. The Hall–Kier alpha value is -3.22. The highest BCUT2D eigenvalue weighted by Gasteiger charge is 2.25. The lowest BCUT2D eigenvalue weighted by molar-refractivity contribution is -0.116. The average Bonchev–Trinajstić information content (AvgIpc) is 2.87. The van der Waals surface area contributed by atoms with E-state index in [0.29, 0.717) is 11.1 Å². The number of azide groups is 1. The molecule has 0 saturated heterocycles. The molecule has 1 aliphatic carbocycles. The van der Waals surface area contributed by atoms with Crippen LogP contribution >= 0.6 is 0 Å². The van der Waals surface area contributed by atoms with Gasteiger partial charge in [-0.15, -0.1) is 0 Å². The molecule has 0 spiro atoms. The number of carbonyl (C=O) groups is 1. The summed E-state index contributed by atoms with van der Waals surface area (Å²) >= 11 is 0. The number of hydrogen-bond acceptors (Lipinski definition) is 3. The fraction of sp³-hybridized carbons (Fsp3) is 0.150. The standard InChI is InChI=1S/C20H16FN3O3S/c1-12-17(9-13-3-6-15(7-4-13)28(2,26)27)16-8-5-14(21)10-19(16)18(12)11-20(25)23-24-22/h3-10H,11H2,1-2H3/b17-9-. The van der Waals surface area contributed by atoms with Crippen molar-refractivity contribution in [1.82, 2.24) is 0 Å². The number of benzene rings is 2. The van der Waals surface area contributed by atoms with E-state index >= 15 is 0 Å². The van der Waals surface area contributed by atoms with Gasteiger partial charge in [0.2, 0.25) is 5.91 Å². The summed E-state index contributed by atoms with van der Waals surface area (Å²) in [7, 11) is -3.29. The van der Waals surface area contributed by atoms with Gasteiger partial charge in [0, 0.05) is 17.6 Å². The second-order valence-corrected chi connectivity index (χ2v) is 8.47. The van der Waals surface area contributed by atoms with E-state index in [1.165, 1.54) is 24.3 Å². The third-order valence-corrected chi connectivity index (χ3v) is 5.69. The summed E-state index contributed by atoms with van der Waals surface area (Å²) < 4.78 is 37.0. The number of halogens is 1. The van der Waals surface area contributed by atoms with Gasteiger partial charge in [-0.25, -0.2) is 12.8 Å². The molecule has 0 heterocycles. The molecule has 0 bridgehead atoms. The van der Waals surface area contributed by atoms with Crippen LogP contribution in [0.25, 0.3) is 27.7 Å². The number of nitrogens with zero attached hydrogens (tertiary/aromatic N) is 3. The molecule has 28 heavy (non-hydrogen) atoms. The maximum Gasteiger partial charge on any atom is 0.223 e. The number of fused-ring (bicyclic) bond motifs is 1. The first-order chi connectivity index (χ1) is 13.2. The lowest BCUT2D eigenvalue weighted by Gasteiger charge is -2.05. The van der Waals surface area contributed by atoms with E-state index in [0.717, 1.165) is 28.5 Å². The number of sulfone groups is 1. The second kappa shape index (κ2) is 7.42. The van der Waals surface area contributed by atoms with Crippen molar-refractivity contribution >= 4 is 33.0 Å². The normalized spacial score (nSPS) is 14.8. The van der Waals surface area contributed by atoms with Crippen molar-refractivity contribution in [3.05, 3.63) is 81.0 Å². The highest BCUT2D eigenvalue weighted by molar-refractivity contribution is 7.90. The Kier molecular flexibility index (Phi) is 5.18. The molecule has 2 aromatic carbocycles. The van der Waals surface area contributed by atoms with Crippen LogP contribution in [-0.4, -0.2) is 20.6 Å². The summed E-state index contributed by atoms with van der Waals surface area (Å²) in [6.07, 6.45) is 2.86. The first-order valence-electron chi connectivity index (χ1n) is 8.31. The van der Waals surface area contributed by atoms with Gasteiger partial charge in [-0.05, 0) is 81.3 Å².